The van der Waals surface area contributed by atoms with Crippen molar-refractivity contribution in [2.45, 2.75) is 51.2 Å². The molecular formula is C11H21NO. The average molecular weight is 183 g/mol. The monoisotopic (exact) mass is 183 g/mol. The molecule has 2 rings (SSSR count). The molecule has 0 radical (unpaired) electrons. The van der Waals surface area contributed by atoms with Gasteiger partial charge in [0.2, 0.25) is 0 Å². The Morgan fingerprint density at radius 3 is 3.00 bits per heavy atom. The Morgan fingerprint density at radius 1 is 1.46 bits per heavy atom. The molecule has 2 bridgehead atoms. The van der Waals surface area contributed by atoms with E-state index in [0.717, 1.165) is 18.9 Å². The minimum Gasteiger partial charge on any atom is -0.376 e. The largest absolute Gasteiger partial charge is 0.376 e. The van der Waals surface area contributed by atoms with Crippen molar-refractivity contribution in [1.82, 2.24) is 5.32 Å². The molecule has 3 unspecified atom stereocenters. The quantitative estimate of drug-likeness (QED) is 0.685. The van der Waals surface area contributed by atoms with Crippen LogP contribution in [0.4, 0.5) is 0 Å². The topological polar surface area (TPSA) is 32.3 Å². The Balaban J connectivity index is 2.11. The third kappa shape index (κ3) is 1.62. The van der Waals surface area contributed by atoms with E-state index in [1.165, 1.54) is 32.1 Å². The summed E-state index contributed by atoms with van der Waals surface area (Å²) in [4.78, 5) is 0. The minimum absolute atomic E-state index is 0.503. The van der Waals surface area contributed by atoms with Gasteiger partial charge < -0.3 is 5.11 Å². The van der Waals surface area contributed by atoms with Crippen LogP contribution in [0.1, 0.15) is 45.4 Å². The van der Waals surface area contributed by atoms with Gasteiger partial charge in [-0.05, 0) is 44.6 Å². The van der Waals surface area contributed by atoms with Crippen LogP contribution in [0, 0.1) is 11.8 Å². The lowest BCUT2D eigenvalue weighted by atomic mass is 9.68. The third-order valence-electron chi connectivity index (χ3n) is 3.86. The third-order valence-corrected chi connectivity index (χ3v) is 3.86. The predicted octanol–water partition coefficient (Wildman–Crippen LogP) is 1.88. The van der Waals surface area contributed by atoms with Gasteiger partial charge in [0.1, 0.15) is 5.72 Å². The Kier molecular flexibility index (Phi) is 2.61. The summed E-state index contributed by atoms with van der Waals surface area (Å²) in [6.45, 7) is 3.23. The Hall–Kier alpha value is -0.0800. The van der Waals surface area contributed by atoms with Crippen LogP contribution in [0.2, 0.25) is 0 Å². The van der Waals surface area contributed by atoms with E-state index < -0.39 is 5.72 Å². The van der Waals surface area contributed by atoms with Crippen molar-refractivity contribution in [2.75, 3.05) is 6.54 Å². The molecule has 1 aliphatic carbocycles. The molecule has 2 heteroatoms. The van der Waals surface area contributed by atoms with Crippen molar-refractivity contribution in [3.05, 3.63) is 0 Å². The first-order valence-corrected chi connectivity index (χ1v) is 5.73. The summed E-state index contributed by atoms with van der Waals surface area (Å²) in [7, 11) is 0. The molecule has 0 aromatic carbocycles. The van der Waals surface area contributed by atoms with Crippen LogP contribution in [0.25, 0.3) is 0 Å². The van der Waals surface area contributed by atoms with E-state index >= 15 is 0 Å². The fourth-order valence-corrected chi connectivity index (χ4v) is 3.23. The second-order valence-electron chi connectivity index (χ2n) is 4.69. The highest BCUT2D eigenvalue weighted by atomic mass is 16.3. The number of aliphatic hydroxyl groups is 1. The van der Waals surface area contributed by atoms with Crippen LogP contribution >= 0.6 is 0 Å². The maximum atomic E-state index is 10.4. The van der Waals surface area contributed by atoms with E-state index in [1.54, 1.807) is 0 Å². The lowest BCUT2D eigenvalue weighted by Crippen LogP contribution is -2.59. The van der Waals surface area contributed by atoms with Crippen LogP contribution in [-0.4, -0.2) is 17.4 Å². The van der Waals surface area contributed by atoms with E-state index in [1.807, 2.05) is 0 Å². The van der Waals surface area contributed by atoms with Crippen molar-refractivity contribution < 1.29 is 5.11 Å². The van der Waals surface area contributed by atoms with Crippen molar-refractivity contribution in [2.24, 2.45) is 11.8 Å². The SMILES string of the molecule is CCCC1C2CCCC1(O)NCC2. The first-order valence-electron chi connectivity index (χ1n) is 5.73. The maximum Gasteiger partial charge on any atom is 0.119 e. The fourth-order valence-electron chi connectivity index (χ4n) is 3.23. The molecule has 13 heavy (non-hydrogen) atoms. The molecule has 3 atom stereocenters. The molecule has 0 aromatic heterocycles. The minimum atomic E-state index is -0.503. The van der Waals surface area contributed by atoms with E-state index in [2.05, 4.69) is 12.2 Å². The molecule has 1 saturated carbocycles. The molecule has 2 aliphatic rings. The summed E-state index contributed by atoms with van der Waals surface area (Å²) >= 11 is 0. The van der Waals surface area contributed by atoms with Gasteiger partial charge in [-0.25, -0.2) is 0 Å². The van der Waals surface area contributed by atoms with Crippen LogP contribution in [0.5, 0.6) is 0 Å². The summed E-state index contributed by atoms with van der Waals surface area (Å²) in [5.41, 5.74) is -0.503. The molecule has 76 valence electrons. The van der Waals surface area contributed by atoms with E-state index in [4.69, 9.17) is 0 Å². The second kappa shape index (κ2) is 3.58. The molecule has 2 N–H and O–H groups in total. The lowest BCUT2D eigenvalue weighted by molar-refractivity contribution is -0.124. The number of nitrogens with one attached hydrogen (secondary N) is 1. The van der Waals surface area contributed by atoms with Gasteiger partial charge in [-0.15, -0.1) is 0 Å². The zero-order valence-electron chi connectivity index (χ0n) is 8.55. The molecule has 2 fully saturated rings. The normalized spacial score (nSPS) is 44.8. The standard InChI is InChI=1S/C11H21NO/c1-2-4-10-9-5-3-7-11(10,13)12-8-6-9/h9-10,12-13H,2-8H2,1H3. The average Bonchev–Trinajstić information content (AvgIpc) is 2.07. The lowest BCUT2D eigenvalue weighted by Gasteiger charge is -2.49. The van der Waals surface area contributed by atoms with E-state index in [0.29, 0.717) is 5.92 Å². The van der Waals surface area contributed by atoms with Crippen molar-refractivity contribution in [1.29, 1.82) is 0 Å². The first-order chi connectivity index (χ1) is 6.26. The smallest absolute Gasteiger partial charge is 0.119 e. The molecule has 2 nitrogen and oxygen atoms in total. The first kappa shape index (κ1) is 9.47. The fraction of sp³-hybridized carbons (Fsp3) is 1.00. The molecule has 1 heterocycles. The summed E-state index contributed by atoms with van der Waals surface area (Å²) in [6.07, 6.45) is 7.17. The molecule has 1 saturated heterocycles. The highest BCUT2D eigenvalue weighted by molar-refractivity contribution is 4.95. The Morgan fingerprint density at radius 2 is 2.31 bits per heavy atom. The molecule has 0 amide bonds. The van der Waals surface area contributed by atoms with Crippen molar-refractivity contribution in [3.63, 3.8) is 0 Å². The van der Waals surface area contributed by atoms with Gasteiger partial charge in [-0.1, -0.05) is 13.3 Å². The molecule has 0 aromatic rings. The van der Waals surface area contributed by atoms with Gasteiger partial charge in [-0.2, -0.15) is 0 Å². The van der Waals surface area contributed by atoms with E-state index in [-0.39, 0.29) is 0 Å². The van der Waals surface area contributed by atoms with Crippen LogP contribution < -0.4 is 5.32 Å². The van der Waals surface area contributed by atoms with Gasteiger partial charge in [0.05, 0.1) is 0 Å². The summed E-state index contributed by atoms with van der Waals surface area (Å²) < 4.78 is 0. The van der Waals surface area contributed by atoms with Crippen molar-refractivity contribution in [3.8, 4) is 0 Å². The number of piperidine rings is 1. The van der Waals surface area contributed by atoms with Crippen LogP contribution in [0.3, 0.4) is 0 Å². The van der Waals surface area contributed by atoms with Gasteiger partial charge in [0, 0.05) is 5.92 Å². The molecule has 0 spiro atoms. The number of rotatable bonds is 2. The maximum absolute atomic E-state index is 10.4. The number of hydrogen-bond donors (Lipinski definition) is 2. The zero-order chi connectivity index (χ0) is 9.31. The predicted molar refractivity (Wildman–Crippen MR) is 53.3 cm³/mol. The highest BCUT2D eigenvalue weighted by Gasteiger charge is 2.45. The number of hydrogen-bond acceptors (Lipinski definition) is 2. The Labute approximate surface area is 80.7 Å². The molecule has 1 aliphatic heterocycles. The van der Waals surface area contributed by atoms with Crippen molar-refractivity contribution >= 4 is 0 Å². The highest BCUT2D eigenvalue weighted by Crippen LogP contribution is 2.43. The van der Waals surface area contributed by atoms with E-state index in [9.17, 15) is 5.11 Å². The van der Waals surface area contributed by atoms with Gasteiger partial charge in [0.25, 0.3) is 0 Å². The summed E-state index contributed by atoms with van der Waals surface area (Å²) in [5.74, 6) is 1.32. The van der Waals surface area contributed by atoms with Gasteiger partial charge >= 0.3 is 0 Å². The molecular weight excluding hydrogens is 162 g/mol. The number of fused-ring (bicyclic) bond motifs is 2. The second-order valence-corrected chi connectivity index (χ2v) is 4.69. The summed E-state index contributed by atoms with van der Waals surface area (Å²) in [5, 5.41) is 13.7. The van der Waals surface area contributed by atoms with Gasteiger partial charge in [-0.3, -0.25) is 5.32 Å². The summed E-state index contributed by atoms with van der Waals surface area (Å²) in [6, 6.07) is 0. The van der Waals surface area contributed by atoms with Crippen LogP contribution in [0.15, 0.2) is 0 Å². The zero-order valence-corrected chi connectivity index (χ0v) is 8.55. The van der Waals surface area contributed by atoms with Crippen LogP contribution in [-0.2, 0) is 0 Å². The Bertz CT molecular complexity index is 171. The van der Waals surface area contributed by atoms with Gasteiger partial charge in [0.15, 0.2) is 0 Å².